The van der Waals surface area contributed by atoms with Crippen LogP contribution in [0.4, 0.5) is 11.6 Å². The van der Waals surface area contributed by atoms with E-state index in [2.05, 4.69) is 15.3 Å². The van der Waals surface area contributed by atoms with E-state index in [4.69, 9.17) is 0 Å². The molecule has 1 saturated heterocycles. The molecule has 3 rings (SSSR count). The number of anilines is 2. The summed E-state index contributed by atoms with van der Waals surface area (Å²) in [5.41, 5.74) is 3.18. The van der Waals surface area contributed by atoms with Gasteiger partial charge in [0.15, 0.2) is 9.84 Å². The standard InChI is InChI=1S/C18H22N4O3S/c1-12-4-5-14(10-13(12)2)20-17(23)16-6-8-19-18(21-16)22(3)15-7-9-26(24,25)11-15/h4-6,8,10,15H,7,9,11H2,1-3H3,(H,20,23). The van der Waals surface area contributed by atoms with E-state index in [1.165, 1.54) is 6.20 Å². The molecule has 0 bridgehead atoms. The molecule has 2 heterocycles. The van der Waals surface area contributed by atoms with Crippen LogP contribution in [0.25, 0.3) is 0 Å². The minimum Gasteiger partial charge on any atom is -0.340 e. The second-order valence-electron chi connectivity index (χ2n) is 6.66. The number of amides is 1. The molecule has 7 nitrogen and oxygen atoms in total. The zero-order valence-electron chi connectivity index (χ0n) is 15.1. The fraction of sp³-hybridized carbons (Fsp3) is 0.389. The van der Waals surface area contributed by atoms with E-state index >= 15 is 0 Å². The average molecular weight is 374 g/mol. The van der Waals surface area contributed by atoms with Gasteiger partial charge in [0.2, 0.25) is 5.95 Å². The molecule has 1 fully saturated rings. The SMILES string of the molecule is Cc1ccc(NC(=O)c2ccnc(N(C)C3CCS(=O)(=O)C3)n2)cc1C. The van der Waals surface area contributed by atoms with Crippen LogP contribution in [-0.2, 0) is 9.84 Å². The lowest BCUT2D eigenvalue weighted by Gasteiger charge is -2.23. The van der Waals surface area contributed by atoms with Gasteiger partial charge >= 0.3 is 0 Å². The van der Waals surface area contributed by atoms with Gasteiger partial charge in [-0.3, -0.25) is 4.79 Å². The maximum Gasteiger partial charge on any atom is 0.274 e. The molecule has 26 heavy (non-hydrogen) atoms. The number of aryl methyl sites for hydroxylation is 2. The highest BCUT2D eigenvalue weighted by Gasteiger charge is 2.31. The Kier molecular flexibility index (Phi) is 4.95. The lowest BCUT2D eigenvalue weighted by Crippen LogP contribution is -2.34. The third-order valence-corrected chi connectivity index (χ3v) is 6.46. The highest BCUT2D eigenvalue weighted by atomic mass is 32.2. The molecule has 0 aliphatic carbocycles. The number of nitrogens with zero attached hydrogens (tertiary/aromatic N) is 3. The summed E-state index contributed by atoms with van der Waals surface area (Å²) in [6.45, 7) is 4.00. The minimum atomic E-state index is -3.00. The lowest BCUT2D eigenvalue weighted by molar-refractivity contribution is 0.102. The highest BCUT2D eigenvalue weighted by Crippen LogP contribution is 2.20. The van der Waals surface area contributed by atoms with Crippen molar-refractivity contribution in [3.05, 3.63) is 47.3 Å². The first-order valence-electron chi connectivity index (χ1n) is 8.40. The van der Waals surface area contributed by atoms with Crippen LogP contribution >= 0.6 is 0 Å². The van der Waals surface area contributed by atoms with Crippen LogP contribution < -0.4 is 10.2 Å². The van der Waals surface area contributed by atoms with Crippen molar-refractivity contribution < 1.29 is 13.2 Å². The van der Waals surface area contributed by atoms with E-state index in [0.29, 0.717) is 18.1 Å². The largest absolute Gasteiger partial charge is 0.340 e. The normalized spacial score (nSPS) is 18.5. The molecule has 1 atom stereocenters. The fourth-order valence-corrected chi connectivity index (χ4v) is 4.68. The van der Waals surface area contributed by atoms with Gasteiger partial charge in [0.25, 0.3) is 5.91 Å². The summed E-state index contributed by atoms with van der Waals surface area (Å²) >= 11 is 0. The Labute approximate surface area is 153 Å². The number of benzene rings is 1. The number of aromatic nitrogens is 2. The molecular weight excluding hydrogens is 352 g/mol. The average Bonchev–Trinajstić information content (AvgIpc) is 2.97. The van der Waals surface area contributed by atoms with Crippen molar-refractivity contribution in [2.75, 3.05) is 28.8 Å². The van der Waals surface area contributed by atoms with Gasteiger partial charge < -0.3 is 10.2 Å². The second-order valence-corrected chi connectivity index (χ2v) is 8.89. The molecule has 0 saturated carbocycles. The van der Waals surface area contributed by atoms with Gasteiger partial charge in [-0.05, 0) is 49.6 Å². The summed E-state index contributed by atoms with van der Waals surface area (Å²) in [4.78, 5) is 22.7. The summed E-state index contributed by atoms with van der Waals surface area (Å²) in [5, 5.41) is 2.83. The molecule has 1 unspecified atom stereocenters. The number of carbonyl (C=O) groups excluding carboxylic acids is 1. The van der Waals surface area contributed by atoms with Gasteiger partial charge in [0, 0.05) is 25.0 Å². The molecule has 8 heteroatoms. The van der Waals surface area contributed by atoms with Crippen molar-refractivity contribution >= 4 is 27.4 Å². The Morgan fingerprint density at radius 3 is 2.65 bits per heavy atom. The quantitative estimate of drug-likeness (QED) is 0.880. The van der Waals surface area contributed by atoms with Gasteiger partial charge in [0.1, 0.15) is 5.69 Å². The minimum absolute atomic E-state index is 0.0892. The Morgan fingerprint density at radius 1 is 1.23 bits per heavy atom. The molecule has 1 aromatic heterocycles. The summed E-state index contributed by atoms with van der Waals surface area (Å²) in [7, 11) is -1.24. The third-order valence-electron chi connectivity index (χ3n) is 4.71. The monoisotopic (exact) mass is 374 g/mol. The summed E-state index contributed by atoms with van der Waals surface area (Å²) in [6, 6.07) is 7.07. The van der Waals surface area contributed by atoms with Crippen molar-refractivity contribution in [2.24, 2.45) is 0 Å². The van der Waals surface area contributed by atoms with Crippen LogP contribution in [0.1, 0.15) is 28.0 Å². The maximum atomic E-state index is 12.5. The third kappa shape index (κ3) is 4.01. The molecule has 1 aromatic carbocycles. The van der Waals surface area contributed by atoms with Gasteiger partial charge in [-0.25, -0.2) is 18.4 Å². The Bertz CT molecular complexity index is 943. The van der Waals surface area contributed by atoms with E-state index < -0.39 is 9.84 Å². The highest BCUT2D eigenvalue weighted by molar-refractivity contribution is 7.91. The van der Waals surface area contributed by atoms with Crippen LogP contribution in [0.5, 0.6) is 0 Å². The van der Waals surface area contributed by atoms with Crippen LogP contribution in [-0.4, -0.2) is 48.9 Å². The summed E-state index contributed by atoms with van der Waals surface area (Å²) in [6.07, 6.45) is 2.05. The van der Waals surface area contributed by atoms with Gasteiger partial charge in [-0.15, -0.1) is 0 Å². The van der Waals surface area contributed by atoms with E-state index in [-0.39, 0.29) is 29.1 Å². The van der Waals surface area contributed by atoms with Crippen LogP contribution in [0, 0.1) is 13.8 Å². The topological polar surface area (TPSA) is 92.3 Å². The lowest BCUT2D eigenvalue weighted by atomic mass is 10.1. The first-order chi connectivity index (χ1) is 12.2. The first-order valence-corrected chi connectivity index (χ1v) is 10.2. The molecule has 0 radical (unpaired) electrons. The Balaban J connectivity index is 1.76. The molecule has 1 N–H and O–H groups in total. The molecule has 0 spiro atoms. The zero-order chi connectivity index (χ0) is 18.9. The number of hydrogen-bond acceptors (Lipinski definition) is 6. The van der Waals surface area contributed by atoms with Gasteiger partial charge in [0.05, 0.1) is 11.5 Å². The van der Waals surface area contributed by atoms with E-state index in [0.717, 1.165) is 11.1 Å². The molecule has 1 aliphatic heterocycles. The van der Waals surface area contributed by atoms with Crippen LogP contribution in [0.3, 0.4) is 0 Å². The number of sulfone groups is 1. The Hall–Kier alpha value is -2.48. The number of rotatable bonds is 4. The number of nitrogens with one attached hydrogen (secondary N) is 1. The van der Waals surface area contributed by atoms with E-state index in [9.17, 15) is 13.2 Å². The van der Waals surface area contributed by atoms with Gasteiger partial charge in [-0.2, -0.15) is 0 Å². The summed E-state index contributed by atoms with van der Waals surface area (Å²) in [5.74, 6) is 0.283. The predicted molar refractivity (Wildman–Crippen MR) is 101 cm³/mol. The zero-order valence-corrected chi connectivity index (χ0v) is 15.9. The van der Waals surface area contributed by atoms with Gasteiger partial charge in [-0.1, -0.05) is 6.07 Å². The molecular formula is C18H22N4O3S. The number of hydrogen-bond donors (Lipinski definition) is 1. The fourth-order valence-electron chi connectivity index (χ4n) is 2.90. The number of carbonyl (C=O) groups is 1. The van der Waals surface area contributed by atoms with Crippen LogP contribution in [0.15, 0.2) is 30.5 Å². The van der Waals surface area contributed by atoms with Crippen molar-refractivity contribution in [3.8, 4) is 0 Å². The molecule has 1 aliphatic rings. The van der Waals surface area contributed by atoms with Crippen molar-refractivity contribution in [1.29, 1.82) is 0 Å². The summed E-state index contributed by atoms with van der Waals surface area (Å²) < 4.78 is 23.3. The van der Waals surface area contributed by atoms with E-state index in [1.807, 2.05) is 32.0 Å². The second kappa shape index (κ2) is 7.03. The molecule has 2 aromatic rings. The van der Waals surface area contributed by atoms with Crippen molar-refractivity contribution in [2.45, 2.75) is 26.3 Å². The Morgan fingerprint density at radius 2 is 2.00 bits per heavy atom. The molecule has 138 valence electrons. The van der Waals surface area contributed by atoms with Crippen molar-refractivity contribution in [3.63, 3.8) is 0 Å². The molecule has 1 amide bonds. The predicted octanol–water partition coefficient (Wildman–Crippen LogP) is 1.97. The van der Waals surface area contributed by atoms with Crippen LogP contribution in [0.2, 0.25) is 0 Å². The van der Waals surface area contributed by atoms with Crippen molar-refractivity contribution in [1.82, 2.24) is 9.97 Å². The smallest absolute Gasteiger partial charge is 0.274 e. The first kappa shape index (κ1) is 18.3. The van der Waals surface area contributed by atoms with E-state index in [1.54, 1.807) is 18.0 Å². The maximum absolute atomic E-state index is 12.5.